The van der Waals surface area contributed by atoms with E-state index in [0.717, 1.165) is 41.7 Å². The number of hydrogen-bond acceptors (Lipinski definition) is 3. The fourth-order valence-corrected chi connectivity index (χ4v) is 3.24. The molecule has 1 N–H and O–H groups in total. The van der Waals surface area contributed by atoms with E-state index in [9.17, 15) is 4.79 Å². The standard InChI is InChI=1S/C15H19NO2S/c1-3-8-16(9-4-2)12-6-5-7-13-11(12)10-14(19-13)15(17)18/h5-7,10H,3-4,8-9H2,1-2H3,(H,17,18). The molecule has 0 aliphatic heterocycles. The number of aromatic carboxylic acids is 1. The molecule has 0 spiro atoms. The highest BCUT2D eigenvalue weighted by molar-refractivity contribution is 7.20. The monoisotopic (exact) mass is 277 g/mol. The molecule has 2 rings (SSSR count). The summed E-state index contributed by atoms with van der Waals surface area (Å²) in [6.07, 6.45) is 2.18. The Labute approximate surface area is 117 Å². The van der Waals surface area contributed by atoms with Gasteiger partial charge in [0.15, 0.2) is 0 Å². The number of carboxylic acid groups (broad SMARTS) is 1. The van der Waals surface area contributed by atoms with Gasteiger partial charge in [-0.15, -0.1) is 11.3 Å². The lowest BCUT2D eigenvalue weighted by atomic mass is 10.2. The summed E-state index contributed by atoms with van der Waals surface area (Å²) < 4.78 is 1.05. The van der Waals surface area contributed by atoms with Crippen molar-refractivity contribution in [2.24, 2.45) is 0 Å². The number of carboxylic acids is 1. The zero-order chi connectivity index (χ0) is 13.8. The van der Waals surface area contributed by atoms with Crippen LogP contribution in [0.1, 0.15) is 36.4 Å². The molecule has 0 saturated carbocycles. The number of benzene rings is 1. The maximum atomic E-state index is 11.1. The molecule has 2 aromatic rings. The molecular weight excluding hydrogens is 258 g/mol. The Balaban J connectivity index is 2.48. The largest absolute Gasteiger partial charge is 0.477 e. The summed E-state index contributed by atoms with van der Waals surface area (Å²) in [6, 6.07) is 7.89. The van der Waals surface area contributed by atoms with Gasteiger partial charge in [0.1, 0.15) is 4.88 Å². The Kier molecular flexibility index (Phi) is 4.43. The van der Waals surface area contributed by atoms with Crippen LogP contribution in [0.4, 0.5) is 5.69 Å². The summed E-state index contributed by atoms with van der Waals surface area (Å²) in [5, 5.41) is 10.2. The molecule has 0 fully saturated rings. The highest BCUT2D eigenvalue weighted by Crippen LogP contribution is 2.33. The molecule has 3 nitrogen and oxygen atoms in total. The maximum Gasteiger partial charge on any atom is 0.345 e. The van der Waals surface area contributed by atoms with Crippen LogP contribution in [0.3, 0.4) is 0 Å². The minimum atomic E-state index is -0.843. The molecule has 0 unspecified atom stereocenters. The van der Waals surface area contributed by atoms with Gasteiger partial charge >= 0.3 is 5.97 Å². The number of rotatable bonds is 6. The second-order valence-corrected chi connectivity index (χ2v) is 5.68. The minimum Gasteiger partial charge on any atom is -0.477 e. The fourth-order valence-electron chi connectivity index (χ4n) is 2.32. The molecule has 0 radical (unpaired) electrons. The van der Waals surface area contributed by atoms with Crippen LogP contribution < -0.4 is 4.90 Å². The highest BCUT2D eigenvalue weighted by Gasteiger charge is 2.14. The van der Waals surface area contributed by atoms with Gasteiger partial charge in [0, 0.05) is 28.9 Å². The van der Waals surface area contributed by atoms with Crippen LogP contribution >= 0.6 is 11.3 Å². The van der Waals surface area contributed by atoms with Gasteiger partial charge in [-0.05, 0) is 31.0 Å². The zero-order valence-corrected chi connectivity index (χ0v) is 12.2. The maximum absolute atomic E-state index is 11.1. The highest BCUT2D eigenvalue weighted by atomic mass is 32.1. The normalized spacial score (nSPS) is 10.8. The van der Waals surface area contributed by atoms with E-state index < -0.39 is 5.97 Å². The summed E-state index contributed by atoms with van der Waals surface area (Å²) in [7, 11) is 0. The average Bonchev–Trinajstić information content (AvgIpc) is 2.82. The Hall–Kier alpha value is -1.55. The van der Waals surface area contributed by atoms with Gasteiger partial charge in [-0.25, -0.2) is 4.79 Å². The van der Waals surface area contributed by atoms with Crippen molar-refractivity contribution in [2.45, 2.75) is 26.7 Å². The third kappa shape index (κ3) is 2.89. The van der Waals surface area contributed by atoms with Crippen LogP contribution in [0.15, 0.2) is 24.3 Å². The topological polar surface area (TPSA) is 40.5 Å². The second-order valence-electron chi connectivity index (χ2n) is 4.59. The summed E-state index contributed by atoms with van der Waals surface area (Å²) in [6.45, 7) is 6.34. The molecule has 0 bridgehead atoms. The third-order valence-electron chi connectivity index (χ3n) is 3.08. The van der Waals surface area contributed by atoms with Crippen LogP contribution in [0.25, 0.3) is 10.1 Å². The smallest absolute Gasteiger partial charge is 0.345 e. The molecule has 1 heterocycles. The van der Waals surface area contributed by atoms with Crippen molar-refractivity contribution >= 4 is 33.1 Å². The Morgan fingerprint density at radius 1 is 1.26 bits per heavy atom. The van der Waals surface area contributed by atoms with Crippen molar-refractivity contribution in [2.75, 3.05) is 18.0 Å². The van der Waals surface area contributed by atoms with Gasteiger partial charge in [0.25, 0.3) is 0 Å². The molecule has 0 aliphatic carbocycles. The van der Waals surface area contributed by atoms with Gasteiger partial charge in [-0.2, -0.15) is 0 Å². The first-order chi connectivity index (χ1) is 9.17. The first kappa shape index (κ1) is 13.9. The number of nitrogens with zero attached hydrogens (tertiary/aromatic N) is 1. The average molecular weight is 277 g/mol. The first-order valence-corrected chi connectivity index (χ1v) is 7.49. The Morgan fingerprint density at radius 3 is 2.53 bits per heavy atom. The summed E-state index contributed by atoms with van der Waals surface area (Å²) in [4.78, 5) is 13.9. The molecule has 0 aliphatic rings. The number of thiophene rings is 1. The van der Waals surface area contributed by atoms with E-state index in [2.05, 4.69) is 24.8 Å². The van der Waals surface area contributed by atoms with Crippen molar-refractivity contribution in [3.8, 4) is 0 Å². The van der Waals surface area contributed by atoms with Crippen molar-refractivity contribution in [3.63, 3.8) is 0 Å². The third-order valence-corrected chi connectivity index (χ3v) is 4.17. The Morgan fingerprint density at radius 2 is 1.95 bits per heavy atom. The number of hydrogen-bond donors (Lipinski definition) is 1. The predicted octanol–water partition coefficient (Wildman–Crippen LogP) is 4.23. The van der Waals surface area contributed by atoms with E-state index >= 15 is 0 Å². The van der Waals surface area contributed by atoms with Gasteiger partial charge in [-0.3, -0.25) is 0 Å². The fraction of sp³-hybridized carbons (Fsp3) is 0.400. The van der Waals surface area contributed by atoms with E-state index in [0.29, 0.717) is 4.88 Å². The van der Waals surface area contributed by atoms with Crippen molar-refractivity contribution in [1.29, 1.82) is 0 Å². The minimum absolute atomic E-state index is 0.412. The summed E-state index contributed by atoms with van der Waals surface area (Å²) in [5.41, 5.74) is 1.16. The van der Waals surface area contributed by atoms with Gasteiger partial charge in [-0.1, -0.05) is 19.9 Å². The van der Waals surface area contributed by atoms with Gasteiger partial charge in [0.2, 0.25) is 0 Å². The molecular formula is C15H19NO2S. The lowest BCUT2D eigenvalue weighted by Crippen LogP contribution is -2.24. The number of fused-ring (bicyclic) bond motifs is 1. The SMILES string of the molecule is CCCN(CCC)c1cccc2sc(C(=O)O)cc12. The molecule has 1 aromatic carbocycles. The lowest BCUT2D eigenvalue weighted by molar-refractivity contribution is 0.0702. The van der Waals surface area contributed by atoms with Crippen LogP contribution in [0.2, 0.25) is 0 Å². The quantitative estimate of drug-likeness (QED) is 0.859. The van der Waals surface area contributed by atoms with E-state index in [1.54, 1.807) is 6.07 Å². The van der Waals surface area contributed by atoms with Crippen LogP contribution in [0.5, 0.6) is 0 Å². The van der Waals surface area contributed by atoms with E-state index in [1.165, 1.54) is 11.3 Å². The molecule has 0 amide bonds. The van der Waals surface area contributed by atoms with Crippen molar-refractivity contribution in [3.05, 3.63) is 29.1 Å². The van der Waals surface area contributed by atoms with Crippen LogP contribution in [-0.2, 0) is 0 Å². The van der Waals surface area contributed by atoms with Crippen LogP contribution in [-0.4, -0.2) is 24.2 Å². The van der Waals surface area contributed by atoms with E-state index in [1.807, 2.05) is 12.1 Å². The summed E-state index contributed by atoms with van der Waals surface area (Å²) in [5.74, 6) is -0.843. The molecule has 102 valence electrons. The zero-order valence-electron chi connectivity index (χ0n) is 11.3. The van der Waals surface area contributed by atoms with Gasteiger partial charge in [0.05, 0.1) is 0 Å². The number of carbonyl (C=O) groups is 1. The molecule has 4 heteroatoms. The van der Waals surface area contributed by atoms with Crippen molar-refractivity contribution < 1.29 is 9.90 Å². The summed E-state index contributed by atoms with van der Waals surface area (Å²) >= 11 is 1.35. The van der Waals surface area contributed by atoms with Gasteiger partial charge < -0.3 is 10.0 Å². The predicted molar refractivity (Wildman–Crippen MR) is 81.6 cm³/mol. The lowest BCUT2D eigenvalue weighted by Gasteiger charge is -2.24. The second kappa shape index (κ2) is 6.06. The molecule has 0 atom stereocenters. The Bertz CT molecular complexity index is 571. The van der Waals surface area contributed by atoms with E-state index in [4.69, 9.17) is 5.11 Å². The molecule has 1 aromatic heterocycles. The number of anilines is 1. The molecule has 0 saturated heterocycles. The van der Waals surface area contributed by atoms with E-state index in [-0.39, 0.29) is 0 Å². The van der Waals surface area contributed by atoms with Crippen LogP contribution in [0, 0.1) is 0 Å². The van der Waals surface area contributed by atoms with Crippen molar-refractivity contribution in [1.82, 2.24) is 0 Å². The first-order valence-electron chi connectivity index (χ1n) is 6.68. The molecule has 19 heavy (non-hydrogen) atoms.